The van der Waals surface area contributed by atoms with Crippen LogP contribution in [-0.2, 0) is 6.54 Å². The first-order chi connectivity index (χ1) is 8.11. The predicted molar refractivity (Wildman–Crippen MR) is 71.0 cm³/mol. The Morgan fingerprint density at radius 3 is 2.59 bits per heavy atom. The third-order valence-corrected chi connectivity index (χ3v) is 4.23. The van der Waals surface area contributed by atoms with Crippen molar-refractivity contribution in [2.75, 3.05) is 13.1 Å². The Balaban J connectivity index is 1.90. The molecule has 0 unspecified atom stereocenters. The van der Waals surface area contributed by atoms with Crippen LogP contribution in [0.2, 0.25) is 0 Å². The Morgan fingerprint density at radius 2 is 2.00 bits per heavy atom. The van der Waals surface area contributed by atoms with E-state index in [9.17, 15) is 5.11 Å². The van der Waals surface area contributed by atoms with Crippen LogP contribution in [0.3, 0.4) is 0 Å². The minimum atomic E-state index is 0.373. The normalized spacial score (nSPS) is 20.4. The van der Waals surface area contributed by atoms with Crippen molar-refractivity contribution in [1.29, 1.82) is 0 Å². The molecule has 0 bridgehead atoms. The fourth-order valence-corrected chi connectivity index (χ4v) is 2.52. The second-order valence-corrected chi connectivity index (χ2v) is 5.61. The van der Waals surface area contributed by atoms with Gasteiger partial charge in [0.2, 0.25) is 0 Å². The van der Waals surface area contributed by atoms with Gasteiger partial charge in [-0.3, -0.25) is 4.90 Å². The van der Waals surface area contributed by atoms with Gasteiger partial charge in [-0.05, 0) is 49.0 Å². The average Bonchev–Trinajstić information content (AvgIpc) is 2.33. The number of piperidine rings is 1. The molecule has 1 aromatic rings. The van der Waals surface area contributed by atoms with E-state index in [0.717, 1.165) is 6.54 Å². The molecule has 0 saturated carbocycles. The van der Waals surface area contributed by atoms with Crippen LogP contribution >= 0.6 is 0 Å². The molecule has 1 N–H and O–H groups in total. The lowest BCUT2D eigenvalue weighted by atomic mass is 9.78. The number of phenolic OH excluding ortho intramolecular Hbond substituents is 1. The van der Waals surface area contributed by atoms with Gasteiger partial charge in [0.15, 0.2) is 0 Å². The molecule has 2 rings (SSSR count). The third kappa shape index (κ3) is 3.22. The summed E-state index contributed by atoms with van der Waals surface area (Å²) in [5, 5.41) is 9.45. The van der Waals surface area contributed by atoms with E-state index in [1.165, 1.54) is 37.9 Å². The van der Waals surface area contributed by atoms with Crippen molar-refractivity contribution in [1.82, 2.24) is 4.90 Å². The van der Waals surface area contributed by atoms with Gasteiger partial charge in [0.05, 0.1) is 0 Å². The minimum Gasteiger partial charge on any atom is -0.508 e. The summed E-state index contributed by atoms with van der Waals surface area (Å²) in [5.41, 5.74) is 1.76. The number of nitrogens with zero attached hydrogens (tertiary/aromatic N) is 1. The molecular weight excluding hydrogens is 210 g/mol. The van der Waals surface area contributed by atoms with Gasteiger partial charge in [0.25, 0.3) is 0 Å². The second kappa shape index (κ2) is 5.09. The summed E-state index contributed by atoms with van der Waals surface area (Å²) in [7, 11) is 0. The summed E-state index contributed by atoms with van der Waals surface area (Å²) >= 11 is 0. The highest BCUT2D eigenvalue weighted by Gasteiger charge is 2.27. The molecule has 17 heavy (non-hydrogen) atoms. The maximum atomic E-state index is 9.45. The summed E-state index contributed by atoms with van der Waals surface area (Å²) in [6.07, 6.45) is 3.87. The minimum absolute atomic E-state index is 0.373. The maximum Gasteiger partial charge on any atom is 0.115 e. The number of aromatic hydroxyl groups is 1. The van der Waals surface area contributed by atoms with Crippen molar-refractivity contribution in [2.24, 2.45) is 5.41 Å². The Hall–Kier alpha value is -1.02. The number of benzene rings is 1. The van der Waals surface area contributed by atoms with Gasteiger partial charge in [0.1, 0.15) is 5.75 Å². The van der Waals surface area contributed by atoms with Gasteiger partial charge in [-0.2, -0.15) is 0 Å². The van der Waals surface area contributed by atoms with Crippen LogP contribution in [0, 0.1) is 5.41 Å². The van der Waals surface area contributed by atoms with Gasteiger partial charge in [-0.25, -0.2) is 0 Å². The van der Waals surface area contributed by atoms with E-state index in [1.54, 1.807) is 6.07 Å². The lowest BCUT2D eigenvalue weighted by molar-refractivity contribution is 0.109. The SMILES string of the molecule is CCC1(C)CCN(Cc2cccc(O)c2)CC1. The molecule has 2 nitrogen and oxygen atoms in total. The molecule has 94 valence electrons. The molecule has 0 atom stereocenters. The highest BCUT2D eigenvalue weighted by molar-refractivity contribution is 5.27. The van der Waals surface area contributed by atoms with Crippen molar-refractivity contribution in [3.8, 4) is 5.75 Å². The summed E-state index contributed by atoms with van der Waals surface area (Å²) in [5.74, 6) is 0.373. The van der Waals surface area contributed by atoms with Gasteiger partial charge >= 0.3 is 0 Å². The first kappa shape index (κ1) is 12.4. The quantitative estimate of drug-likeness (QED) is 0.865. The molecule has 1 fully saturated rings. The maximum absolute atomic E-state index is 9.45. The van der Waals surface area contributed by atoms with Crippen LogP contribution in [0.5, 0.6) is 5.75 Å². The molecule has 0 aromatic heterocycles. The molecule has 1 aromatic carbocycles. The number of likely N-dealkylation sites (tertiary alicyclic amines) is 1. The fraction of sp³-hybridized carbons (Fsp3) is 0.600. The molecule has 1 aliphatic heterocycles. The van der Waals surface area contributed by atoms with Gasteiger partial charge < -0.3 is 5.11 Å². The molecular formula is C15H23NO. The smallest absolute Gasteiger partial charge is 0.115 e. The van der Waals surface area contributed by atoms with Crippen LogP contribution in [0.15, 0.2) is 24.3 Å². The summed E-state index contributed by atoms with van der Waals surface area (Å²) < 4.78 is 0. The van der Waals surface area contributed by atoms with E-state index in [4.69, 9.17) is 0 Å². The summed E-state index contributed by atoms with van der Waals surface area (Å²) in [6.45, 7) is 8.03. The van der Waals surface area contributed by atoms with Crippen molar-refractivity contribution in [3.63, 3.8) is 0 Å². The number of phenols is 1. The number of rotatable bonds is 3. The zero-order chi connectivity index (χ0) is 12.3. The van der Waals surface area contributed by atoms with Gasteiger partial charge in [-0.15, -0.1) is 0 Å². The first-order valence-electron chi connectivity index (χ1n) is 6.61. The molecule has 0 aliphatic carbocycles. The van der Waals surface area contributed by atoms with E-state index in [2.05, 4.69) is 24.8 Å². The molecule has 2 heteroatoms. The van der Waals surface area contributed by atoms with Gasteiger partial charge in [-0.1, -0.05) is 32.4 Å². The Morgan fingerprint density at radius 1 is 1.29 bits per heavy atom. The molecule has 1 aliphatic rings. The topological polar surface area (TPSA) is 23.5 Å². The van der Waals surface area contributed by atoms with Crippen LogP contribution in [0.1, 0.15) is 38.7 Å². The molecule has 1 saturated heterocycles. The van der Waals surface area contributed by atoms with E-state index in [0.29, 0.717) is 11.2 Å². The second-order valence-electron chi connectivity index (χ2n) is 5.61. The highest BCUT2D eigenvalue weighted by atomic mass is 16.3. The lowest BCUT2D eigenvalue weighted by Gasteiger charge is -2.39. The van der Waals surface area contributed by atoms with Crippen LogP contribution < -0.4 is 0 Å². The Labute approximate surface area is 104 Å². The fourth-order valence-electron chi connectivity index (χ4n) is 2.52. The zero-order valence-electron chi connectivity index (χ0n) is 10.9. The number of hydrogen-bond acceptors (Lipinski definition) is 2. The summed E-state index contributed by atoms with van der Waals surface area (Å²) in [6, 6.07) is 7.61. The molecule has 1 heterocycles. The van der Waals surface area contributed by atoms with Crippen molar-refractivity contribution in [2.45, 2.75) is 39.7 Å². The van der Waals surface area contributed by atoms with Crippen molar-refractivity contribution < 1.29 is 5.11 Å². The largest absolute Gasteiger partial charge is 0.508 e. The predicted octanol–water partition coefficient (Wildman–Crippen LogP) is 3.40. The molecule has 0 amide bonds. The van der Waals surface area contributed by atoms with E-state index in [-0.39, 0.29) is 0 Å². The van der Waals surface area contributed by atoms with Crippen LogP contribution in [0.25, 0.3) is 0 Å². The standard InChI is InChI=1S/C15H23NO/c1-3-15(2)7-9-16(10-8-15)12-13-5-4-6-14(17)11-13/h4-6,11,17H,3,7-10,12H2,1-2H3. The van der Waals surface area contributed by atoms with E-state index >= 15 is 0 Å². The zero-order valence-corrected chi connectivity index (χ0v) is 10.9. The molecule has 0 radical (unpaired) electrons. The Bertz CT molecular complexity index is 367. The van der Waals surface area contributed by atoms with Crippen molar-refractivity contribution in [3.05, 3.63) is 29.8 Å². The van der Waals surface area contributed by atoms with Gasteiger partial charge in [0, 0.05) is 6.54 Å². The van der Waals surface area contributed by atoms with Crippen LogP contribution in [-0.4, -0.2) is 23.1 Å². The molecule has 0 spiro atoms. The third-order valence-electron chi connectivity index (χ3n) is 4.23. The van der Waals surface area contributed by atoms with E-state index < -0.39 is 0 Å². The highest BCUT2D eigenvalue weighted by Crippen LogP contribution is 2.34. The average molecular weight is 233 g/mol. The van der Waals surface area contributed by atoms with E-state index in [1.807, 2.05) is 12.1 Å². The number of hydrogen-bond donors (Lipinski definition) is 1. The monoisotopic (exact) mass is 233 g/mol. The van der Waals surface area contributed by atoms with Crippen LogP contribution in [0.4, 0.5) is 0 Å². The van der Waals surface area contributed by atoms with Crippen molar-refractivity contribution >= 4 is 0 Å². The lowest BCUT2D eigenvalue weighted by Crippen LogP contribution is -2.37. The Kier molecular flexibility index (Phi) is 3.72. The summed E-state index contributed by atoms with van der Waals surface area (Å²) in [4.78, 5) is 2.49. The first-order valence-corrected chi connectivity index (χ1v) is 6.61.